The first-order valence-electron chi connectivity index (χ1n) is 39.6. The molecule has 0 spiro atoms. The van der Waals surface area contributed by atoms with Crippen molar-refractivity contribution < 1.29 is 18.4 Å². The van der Waals surface area contributed by atoms with E-state index in [1.165, 1.54) is 22.3 Å². The molecule has 3 aliphatic rings. The Kier molecular flexibility index (Phi) is 11.8. The Labute approximate surface area is 599 Å². The van der Waals surface area contributed by atoms with Gasteiger partial charge in [0.25, 0.3) is 6.71 Å². The molecule has 1 aliphatic carbocycles. The molecule has 0 saturated carbocycles. The summed E-state index contributed by atoms with van der Waals surface area (Å²) in [6, 6.07) is 73.3. The average Bonchev–Trinajstić information content (AvgIpc) is 1.60. The Balaban J connectivity index is 1.04. The van der Waals surface area contributed by atoms with Crippen molar-refractivity contribution in [1.82, 2.24) is 4.57 Å². The summed E-state index contributed by atoms with van der Waals surface area (Å²) in [4.78, 5) is 2.43. The topological polar surface area (TPSA) is 17.4 Å². The van der Waals surface area contributed by atoms with Gasteiger partial charge in [0.2, 0.25) is 0 Å². The molecular formula is C95H83BN2O. The number of nitrogens with zero attached hydrogens (tertiary/aromatic N) is 2. The SMILES string of the molecule is [2H]c1c([2H])c([2H])c(C2(c3c([2H])c([2H])c([2H])c([2H])c3[2H])c3ccccc3-c3cccc(-c4cc5c6c(c4)N(c4c(-c7ccccc7)cccc4-c4ccccc4)c4cc(-n7c8ccc(C(C)(C)C)cc8c8cc(C(C)(C)C)ccc87)ccc4B6c4ccc(-c6cc(C(C)(C)C)cc(C(C)(C)C)c6)cc4O5)c32)c([2H])c1[2H]. The maximum absolute atomic E-state index is 10.1. The molecule has 0 bridgehead atoms. The number of benzene rings is 13. The molecule has 99 heavy (non-hydrogen) atoms. The molecule has 2 aliphatic heterocycles. The van der Waals surface area contributed by atoms with Crippen LogP contribution in [0.1, 0.15) is 141 Å². The lowest BCUT2D eigenvalue weighted by Crippen LogP contribution is -2.59. The van der Waals surface area contributed by atoms with Crippen LogP contribution in [-0.4, -0.2) is 11.3 Å². The van der Waals surface area contributed by atoms with Crippen molar-refractivity contribution >= 4 is 62.0 Å². The number of para-hydroxylation sites is 1. The van der Waals surface area contributed by atoms with Crippen LogP contribution in [0.25, 0.3) is 83.1 Å². The van der Waals surface area contributed by atoms with Crippen molar-refractivity contribution in [2.45, 2.75) is 110 Å². The normalized spacial score (nSPS) is 15.2. The maximum Gasteiger partial charge on any atom is 0.256 e. The molecule has 3 heterocycles. The number of ether oxygens (including phenoxy) is 1. The van der Waals surface area contributed by atoms with Crippen LogP contribution in [0.5, 0.6) is 11.5 Å². The predicted molar refractivity (Wildman–Crippen MR) is 420 cm³/mol. The van der Waals surface area contributed by atoms with Crippen LogP contribution in [0, 0.1) is 0 Å². The molecule has 1 aromatic heterocycles. The van der Waals surface area contributed by atoms with E-state index in [1.807, 2.05) is 42.5 Å². The first-order chi connectivity index (χ1) is 51.8. The van der Waals surface area contributed by atoms with E-state index >= 15 is 0 Å². The Morgan fingerprint density at radius 3 is 1.43 bits per heavy atom. The van der Waals surface area contributed by atoms with E-state index < -0.39 is 72.6 Å². The number of rotatable bonds is 8. The molecule has 17 rings (SSSR count). The van der Waals surface area contributed by atoms with Gasteiger partial charge in [-0.1, -0.05) is 313 Å². The molecule has 0 radical (unpaired) electrons. The minimum Gasteiger partial charge on any atom is -0.458 e. The number of anilines is 3. The van der Waals surface area contributed by atoms with Crippen LogP contribution in [0.3, 0.4) is 0 Å². The van der Waals surface area contributed by atoms with Gasteiger partial charge in [-0.2, -0.15) is 0 Å². The van der Waals surface area contributed by atoms with E-state index in [0.717, 1.165) is 94.3 Å². The van der Waals surface area contributed by atoms with Gasteiger partial charge >= 0.3 is 0 Å². The summed E-state index contributed by atoms with van der Waals surface area (Å²) in [5, 5.41) is 2.31. The zero-order valence-corrected chi connectivity index (χ0v) is 58.2. The molecule has 0 fully saturated rings. The highest BCUT2D eigenvalue weighted by Gasteiger charge is 2.49. The molecule has 14 aromatic rings. The van der Waals surface area contributed by atoms with Gasteiger partial charge in [-0.25, -0.2) is 0 Å². The Morgan fingerprint density at radius 1 is 0.364 bits per heavy atom. The van der Waals surface area contributed by atoms with Crippen LogP contribution in [-0.2, 0) is 27.1 Å². The predicted octanol–water partition coefficient (Wildman–Crippen LogP) is 23.4. The second kappa shape index (κ2) is 22.7. The summed E-state index contributed by atoms with van der Waals surface area (Å²) in [5.41, 5.74) is 19.0. The van der Waals surface area contributed by atoms with E-state index in [1.54, 1.807) is 12.1 Å². The molecule has 0 atom stereocenters. The number of aromatic nitrogens is 1. The van der Waals surface area contributed by atoms with Crippen molar-refractivity contribution in [3.8, 4) is 72.8 Å². The second-order valence-electron chi connectivity index (χ2n) is 31.3. The fourth-order valence-corrected chi connectivity index (χ4v) is 15.9. The van der Waals surface area contributed by atoms with Crippen LogP contribution in [0.2, 0.25) is 0 Å². The van der Waals surface area contributed by atoms with Gasteiger partial charge in [0.05, 0.1) is 35.8 Å². The summed E-state index contributed by atoms with van der Waals surface area (Å²) in [6.07, 6.45) is 0. The van der Waals surface area contributed by atoms with Gasteiger partial charge in [-0.15, -0.1) is 0 Å². The van der Waals surface area contributed by atoms with Crippen LogP contribution >= 0.6 is 0 Å². The number of hydrogen-bond donors (Lipinski definition) is 0. The smallest absolute Gasteiger partial charge is 0.256 e. The Bertz CT molecular complexity index is 5920. The lowest BCUT2D eigenvalue weighted by Gasteiger charge is -2.42. The van der Waals surface area contributed by atoms with Gasteiger partial charge in [0.1, 0.15) is 11.5 Å². The molecule has 0 amide bonds. The van der Waals surface area contributed by atoms with Crippen molar-refractivity contribution in [3.05, 3.63) is 329 Å². The molecule has 13 aromatic carbocycles. The minimum absolute atomic E-state index is 0.137. The highest BCUT2D eigenvalue weighted by Crippen LogP contribution is 2.60. The highest BCUT2D eigenvalue weighted by atomic mass is 16.5. The monoisotopic (exact) mass is 1290 g/mol. The van der Waals surface area contributed by atoms with Crippen LogP contribution in [0.4, 0.5) is 17.1 Å². The first-order valence-corrected chi connectivity index (χ1v) is 34.6. The fraction of sp³-hybridized carbons (Fsp3) is 0.179. The van der Waals surface area contributed by atoms with E-state index in [2.05, 4.69) is 262 Å². The van der Waals surface area contributed by atoms with Gasteiger partial charge in [-0.3, -0.25) is 0 Å². The third-order valence-electron chi connectivity index (χ3n) is 21.1. The van der Waals surface area contributed by atoms with E-state index in [0.29, 0.717) is 44.9 Å². The lowest BCUT2D eigenvalue weighted by atomic mass is 9.34. The second-order valence-corrected chi connectivity index (χ2v) is 31.3. The van der Waals surface area contributed by atoms with Crippen LogP contribution in [0.15, 0.2) is 285 Å². The van der Waals surface area contributed by atoms with Gasteiger partial charge in [0.15, 0.2) is 0 Å². The Morgan fingerprint density at radius 2 is 0.869 bits per heavy atom. The van der Waals surface area contributed by atoms with Crippen molar-refractivity contribution in [2.24, 2.45) is 0 Å². The summed E-state index contributed by atoms with van der Waals surface area (Å²) in [5.74, 6) is 1.19. The van der Waals surface area contributed by atoms with Crippen molar-refractivity contribution in [1.29, 1.82) is 0 Å². The molecule has 4 heteroatoms. The van der Waals surface area contributed by atoms with Crippen LogP contribution < -0.4 is 26.0 Å². The maximum atomic E-state index is 10.1. The fourth-order valence-electron chi connectivity index (χ4n) is 15.9. The van der Waals surface area contributed by atoms with E-state index in [9.17, 15) is 11.0 Å². The highest BCUT2D eigenvalue weighted by molar-refractivity contribution is 6.99. The molecule has 0 N–H and O–H groups in total. The van der Waals surface area contributed by atoms with Gasteiger partial charge in [-0.05, 0) is 182 Å². The van der Waals surface area contributed by atoms with Crippen molar-refractivity contribution in [3.63, 3.8) is 0 Å². The Hall–Kier alpha value is -10.7. The molecular weight excluding hydrogens is 1200 g/mol. The third-order valence-corrected chi connectivity index (χ3v) is 21.1. The largest absolute Gasteiger partial charge is 0.458 e. The van der Waals surface area contributed by atoms with Gasteiger partial charge < -0.3 is 14.2 Å². The van der Waals surface area contributed by atoms with E-state index in [4.69, 9.17) is 7.48 Å². The summed E-state index contributed by atoms with van der Waals surface area (Å²) in [6.45, 7) is 26.6. The van der Waals surface area contributed by atoms with Gasteiger partial charge in [0, 0.05) is 39.0 Å². The lowest BCUT2D eigenvalue weighted by molar-refractivity contribution is 0.488. The zero-order valence-electron chi connectivity index (χ0n) is 68.2. The molecule has 0 unspecified atom stereocenters. The third kappa shape index (κ3) is 9.99. The first kappa shape index (κ1) is 51.5. The summed E-state index contributed by atoms with van der Waals surface area (Å²) >= 11 is 0. The molecule has 3 nitrogen and oxygen atoms in total. The standard InChI is InChI=1S/C95H83BN2O/c1-91(2,3)67-44-49-82-77(57-67)78-58-68(92(4,5)6)45-50-83(78)97(82)71-46-48-80-84(59-71)98(90-73(60-29-17-13-18-30-60)39-28-40-74(90)61-31-19-14-20-32-61)85-53-64(55-87-89(85)96(80)81-47-43-62(54-86(81)99-87)63-51-69(93(7,8)9)56-70(52-63)94(10,11)12)72-38-27-41-76-75-37-25-26-42-79(75)95(88(72)76,65-33-21-15-22-34-65)66-35-23-16-24-36-66/h13-59H,1-12H3/i15D,16D,21D,22D,23D,24D,33D,34D,35D,36D. The quantitative estimate of drug-likeness (QED) is 0.141. The summed E-state index contributed by atoms with van der Waals surface area (Å²) in [7, 11) is 0. The zero-order chi connectivity index (χ0) is 76.8. The van der Waals surface area contributed by atoms with E-state index in [-0.39, 0.29) is 32.8 Å². The summed E-state index contributed by atoms with van der Waals surface area (Å²) < 4.78 is 107. The number of fused-ring (bicyclic) bond motifs is 10. The molecule has 482 valence electrons. The molecule has 0 saturated heterocycles. The van der Waals surface area contributed by atoms with Crippen molar-refractivity contribution in [2.75, 3.05) is 4.90 Å². The minimum atomic E-state index is -2.17. The number of hydrogen-bond acceptors (Lipinski definition) is 2. The average molecular weight is 1290 g/mol.